The van der Waals surface area contributed by atoms with Crippen LogP contribution in [-0.4, -0.2) is 18.6 Å². The standard InChI is InChI=1S/C17H29NO2/c1-15(2)12-6-9-16(15,3)13(10-12)20-14(19)17(11-18)7-4-5-8-17/h12-13H,4-11,18H2,1-3H3. The molecule has 3 fully saturated rings. The van der Waals surface area contributed by atoms with Gasteiger partial charge in [0.1, 0.15) is 6.10 Å². The first-order valence-electron chi connectivity index (χ1n) is 8.27. The van der Waals surface area contributed by atoms with Gasteiger partial charge in [-0.3, -0.25) is 4.79 Å². The van der Waals surface area contributed by atoms with Gasteiger partial charge in [-0.25, -0.2) is 0 Å². The van der Waals surface area contributed by atoms with Gasteiger partial charge in [0.15, 0.2) is 0 Å². The zero-order valence-corrected chi connectivity index (χ0v) is 13.2. The molecule has 3 rings (SSSR count). The van der Waals surface area contributed by atoms with E-state index in [1.807, 2.05) is 0 Å². The quantitative estimate of drug-likeness (QED) is 0.807. The molecule has 0 aromatic heterocycles. The summed E-state index contributed by atoms with van der Waals surface area (Å²) >= 11 is 0. The van der Waals surface area contributed by atoms with Crippen molar-refractivity contribution >= 4 is 5.97 Å². The predicted octanol–water partition coefficient (Wildman–Crippen LogP) is 3.26. The Kier molecular flexibility index (Phi) is 3.20. The number of hydrogen-bond donors (Lipinski definition) is 1. The summed E-state index contributed by atoms with van der Waals surface area (Å²) in [6, 6.07) is 0. The Bertz CT molecular complexity index is 411. The normalized spacial score (nSPS) is 41.0. The van der Waals surface area contributed by atoms with Gasteiger partial charge in [-0.15, -0.1) is 0 Å². The molecule has 20 heavy (non-hydrogen) atoms. The molecule has 3 unspecified atom stereocenters. The Morgan fingerprint density at radius 2 is 1.85 bits per heavy atom. The van der Waals surface area contributed by atoms with Gasteiger partial charge in [0.2, 0.25) is 0 Å². The van der Waals surface area contributed by atoms with Crippen LogP contribution in [0.1, 0.15) is 65.7 Å². The lowest BCUT2D eigenvalue weighted by Crippen LogP contribution is -2.44. The van der Waals surface area contributed by atoms with E-state index in [9.17, 15) is 4.79 Å². The summed E-state index contributed by atoms with van der Waals surface area (Å²) in [5.41, 5.74) is 5.98. The van der Waals surface area contributed by atoms with Crippen LogP contribution in [0.15, 0.2) is 0 Å². The molecule has 3 heteroatoms. The number of hydrogen-bond acceptors (Lipinski definition) is 3. The molecular weight excluding hydrogens is 250 g/mol. The summed E-state index contributed by atoms with van der Waals surface area (Å²) in [4.78, 5) is 12.7. The zero-order chi connectivity index (χ0) is 14.6. The molecule has 3 aliphatic rings. The van der Waals surface area contributed by atoms with E-state index in [2.05, 4.69) is 20.8 Å². The van der Waals surface area contributed by atoms with Crippen molar-refractivity contribution in [2.24, 2.45) is 27.9 Å². The minimum atomic E-state index is -0.373. The lowest BCUT2D eigenvalue weighted by atomic mass is 9.70. The molecule has 3 nitrogen and oxygen atoms in total. The molecule has 2 bridgehead atoms. The molecule has 0 aromatic carbocycles. The highest BCUT2D eigenvalue weighted by molar-refractivity contribution is 5.77. The van der Waals surface area contributed by atoms with E-state index in [-0.39, 0.29) is 22.9 Å². The lowest BCUT2D eigenvalue weighted by molar-refractivity contribution is -0.168. The van der Waals surface area contributed by atoms with Crippen LogP contribution in [0.2, 0.25) is 0 Å². The van der Waals surface area contributed by atoms with Crippen molar-refractivity contribution in [2.45, 2.75) is 71.8 Å². The van der Waals surface area contributed by atoms with Gasteiger partial charge in [-0.05, 0) is 43.4 Å². The van der Waals surface area contributed by atoms with Gasteiger partial charge >= 0.3 is 5.97 Å². The van der Waals surface area contributed by atoms with Crippen molar-refractivity contribution in [1.29, 1.82) is 0 Å². The van der Waals surface area contributed by atoms with Crippen LogP contribution >= 0.6 is 0 Å². The summed E-state index contributed by atoms with van der Waals surface area (Å²) < 4.78 is 6.04. The van der Waals surface area contributed by atoms with Gasteiger partial charge in [0.05, 0.1) is 5.41 Å². The largest absolute Gasteiger partial charge is 0.461 e. The van der Waals surface area contributed by atoms with Gasteiger partial charge in [0.25, 0.3) is 0 Å². The Balaban J connectivity index is 1.75. The molecule has 114 valence electrons. The van der Waals surface area contributed by atoms with E-state index in [0.717, 1.165) is 32.1 Å². The average Bonchev–Trinajstić information content (AvgIpc) is 3.02. The molecule has 0 radical (unpaired) electrons. The minimum Gasteiger partial charge on any atom is -0.461 e. The fourth-order valence-corrected chi connectivity index (χ4v) is 5.11. The Labute approximate surface area is 122 Å². The molecule has 0 amide bonds. The fraction of sp³-hybridized carbons (Fsp3) is 0.941. The number of fused-ring (bicyclic) bond motifs is 2. The van der Waals surface area contributed by atoms with Crippen molar-refractivity contribution in [3.05, 3.63) is 0 Å². The first-order valence-corrected chi connectivity index (χ1v) is 8.27. The lowest BCUT2D eigenvalue weighted by Gasteiger charge is -2.39. The van der Waals surface area contributed by atoms with Gasteiger partial charge in [-0.1, -0.05) is 33.6 Å². The van der Waals surface area contributed by atoms with Crippen LogP contribution < -0.4 is 5.73 Å². The van der Waals surface area contributed by atoms with Crippen molar-refractivity contribution in [3.8, 4) is 0 Å². The van der Waals surface area contributed by atoms with Gasteiger partial charge in [-0.2, -0.15) is 0 Å². The van der Waals surface area contributed by atoms with E-state index in [0.29, 0.717) is 17.9 Å². The summed E-state index contributed by atoms with van der Waals surface area (Å²) in [6.45, 7) is 7.48. The number of esters is 1. The summed E-state index contributed by atoms with van der Waals surface area (Å²) in [6.07, 6.45) is 7.70. The zero-order valence-electron chi connectivity index (χ0n) is 13.2. The van der Waals surface area contributed by atoms with E-state index < -0.39 is 0 Å². The maximum Gasteiger partial charge on any atom is 0.313 e. The Morgan fingerprint density at radius 3 is 2.30 bits per heavy atom. The number of carbonyl (C=O) groups is 1. The maximum atomic E-state index is 12.7. The van der Waals surface area contributed by atoms with Crippen molar-refractivity contribution in [3.63, 3.8) is 0 Å². The minimum absolute atomic E-state index is 0.00734. The summed E-state index contributed by atoms with van der Waals surface area (Å²) in [5, 5.41) is 0. The fourth-order valence-electron chi connectivity index (χ4n) is 5.11. The molecule has 3 saturated carbocycles. The number of rotatable bonds is 3. The van der Waals surface area contributed by atoms with Crippen molar-refractivity contribution in [1.82, 2.24) is 0 Å². The SMILES string of the molecule is CC1(C)C2CCC1(C)C(OC(=O)C1(CN)CCCC1)C2. The van der Waals surface area contributed by atoms with E-state index in [1.165, 1.54) is 12.8 Å². The molecule has 3 atom stereocenters. The van der Waals surface area contributed by atoms with Gasteiger partial charge in [0, 0.05) is 12.0 Å². The van der Waals surface area contributed by atoms with Gasteiger partial charge < -0.3 is 10.5 Å². The monoisotopic (exact) mass is 279 g/mol. The third kappa shape index (κ3) is 1.71. The second-order valence-electron chi connectivity index (χ2n) is 8.20. The highest BCUT2D eigenvalue weighted by Gasteiger charge is 2.63. The number of carbonyl (C=O) groups excluding carboxylic acids is 1. The molecule has 0 aromatic rings. The first-order chi connectivity index (χ1) is 9.36. The predicted molar refractivity (Wildman–Crippen MR) is 79.1 cm³/mol. The van der Waals surface area contributed by atoms with Crippen LogP contribution in [0.5, 0.6) is 0 Å². The van der Waals surface area contributed by atoms with E-state index >= 15 is 0 Å². The highest BCUT2D eigenvalue weighted by atomic mass is 16.5. The second kappa shape index (κ2) is 4.46. The Hall–Kier alpha value is -0.570. The molecule has 0 spiro atoms. The van der Waals surface area contributed by atoms with Crippen LogP contribution in [0.25, 0.3) is 0 Å². The topological polar surface area (TPSA) is 52.3 Å². The second-order valence-corrected chi connectivity index (χ2v) is 8.20. The third-order valence-corrected chi connectivity index (χ3v) is 7.35. The average molecular weight is 279 g/mol. The Morgan fingerprint density at radius 1 is 1.20 bits per heavy atom. The highest BCUT2D eigenvalue weighted by Crippen LogP contribution is 2.66. The third-order valence-electron chi connectivity index (χ3n) is 7.35. The molecule has 3 aliphatic carbocycles. The summed E-state index contributed by atoms with van der Waals surface area (Å²) in [5.74, 6) is 0.703. The maximum absolute atomic E-state index is 12.7. The number of nitrogens with two attached hydrogens (primary N) is 1. The molecular formula is C17H29NO2. The molecule has 2 N–H and O–H groups in total. The smallest absolute Gasteiger partial charge is 0.313 e. The summed E-state index contributed by atoms with van der Waals surface area (Å²) in [7, 11) is 0. The van der Waals surface area contributed by atoms with Crippen LogP contribution in [0.4, 0.5) is 0 Å². The van der Waals surface area contributed by atoms with Crippen LogP contribution in [0.3, 0.4) is 0 Å². The molecule has 0 heterocycles. The molecule has 0 saturated heterocycles. The van der Waals surface area contributed by atoms with E-state index in [4.69, 9.17) is 10.5 Å². The van der Waals surface area contributed by atoms with E-state index in [1.54, 1.807) is 0 Å². The van der Waals surface area contributed by atoms with Crippen LogP contribution in [0, 0.1) is 22.2 Å². The van der Waals surface area contributed by atoms with Crippen molar-refractivity contribution in [2.75, 3.05) is 6.54 Å². The van der Waals surface area contributed by atoms with Crippen molar-refractivity contribution < 1.29 is 9.53 Å². The molecule has 0 aliphatic heterocycles. The first kappa shape index (κ1) is 14.4. The number of ether oxygens (including phenoxy) is 1. The van der Waals surface area contributed by atoms with Crippen LogP contribution in [-0.2, 0) is 9.53 Å².